The average Bonchev–Trinajstić information content (AvgIpc) is 3.17. The minimum atomic E-state index is -0.00581. The van der Waals surface area contributed by atoms with Crippen LogP contribution in [0.1, 0.15) is 11.1 Å². The van der Waals surface area contributed by atoms with Gasteiger partial charge >= 0.3 is 0 Å². The molecular weight excluding hydrogens is 386 g/mol. The lowest BCUT2D eigenvalue weighted by Crippen LogP contribution is -2.41. The van der Waals surface area contributed by atoms with Gasteiger partial charge in [-0.25, -0.2) is 0 Å². The largest absolute Gasteiger partial charge is 0.370 e. The molecule has 3 aromatic carbocycles. The summed E-state index contributed by atoms with van der Waals surface area (Å²) in [7, 11) is 0. The Hall–Kier alpha value is -3.70. The summed E-state index contributed by atoms with van der Waals surface area (Å²) in [6, 6.07) is 26.6. The van der Waals surface area contributed by atoms with E-state index in [-0.39, 0.29) is 12.5 Å². The first-order valence-corrected chi connectivity index (χ1v) is 10.4. The number of rotatable bonds is 5. The summed E-state index contributed by atoms with van der Waals surface area (Å²) in [4.78, 5) is 18.5. The number of ether oxygens (including phenoxy) is 1. The second kappa shape index (κ2) is 8.58. The maximum atomic E-state index is 12.0. The molecule has 0 N–H and O–H groups in total. The lowest BCUT2D eigenvalue weighted by atomic mass is 10.2. The molecular formula is C26H23N3O2. The minimum absolute atomic E-state index is 0.00581. The van der Waals surface area contributed by atoms with Crippen molar-refractivity contribution in [1.82, 2.24) is 4.57 Å². The van der Waals surface area contributed by atoms with Gasteiger partial charge in [0.25, 0.3) is 5.91 Å². The number of nitrogens with zero attached hydrogens (tertiary/aromatic N) is 3. The minimum Gasteiger partial charge on any atom is -0.370 e. The van der Waals surface area contributed by atoms with Crippen LogP contribution in [0.5, 0.6) is 0 Å². The van der Waals surface area contributed by atoms with Crippen LogP contribution in [-0.2, 0) is 16.1 Å². The highest BCUT2D eigenvalue weighted by atomic mass is 16.5. The van der Waals surface area contributed by atoms with Gasteiger partial charge in [0.1, 0.15) is 6.61 Å². The Morgan fingerprint density at radius 2 is 1.71 bits per heavy atom. The molecule has 1 saturated heterocycles. The topological polar surface area (TPSA) is 46.8 Å². The number of amides is 1. The highest BCUT2D eigenvalue weighted by Crippen LogP contribution is 2.24. The Morgan fingerprint density at radius 1 is 0.935 bits per heavy atom. The monoisotopic (exact) mass is 409 g/mol. The van der Waals surface area contributed by atoms with Crippen molar-refractivity contribution in [3.63, 3.8) is 0 Å². The number of aromatic nitrogens is 1. The summed E-state index contributed by atoms with van der Waals surface area (Å²) in [5.74, 6) is -0.00581. The zero-order chi connectivity index (χ0) is 21.0. The Bertz CT molecular complexity index is 1230. The molecule has 2 heterocycles. The first-order chi connectivity index (χ1) is 15.3. The van der Waals surface area contributed by atoms with Crippen LogP contribution in [-0.4, -0.2) is 36.4 Å². The summed E-state index contributed by atoms with van der Waals surface area (Å²) in [5.41, 5.74) is 5.27. The van der Waals surface area contributed by atoms with E-state index in [1.807, 2.05) is 36.5 Å². The van der Waals surface area contributed by atoms with E-state index >= 15 is 0 Å². The SMILES string of the molecule is O=C1COCCN1c1ccc(N=Cc2cn(Cc3ccccc3)c3ccccc23)cc1. The molecule has 5 nitrogen and oxygen atoms in total. The summed E-state index contributed by atoms with van der Waals surface area (Å²) in [6.45, 7) is 2.12. The van der Waals surface area contributed by atoms with Crippen molar-refractivity contribution < 1.29 is 9.53 Å². The van der Waals surface area contributed by atoms with Gasteiger partial charge in [-0.15, -0.1) is 0 Å². The molecule has 1 aliphatic heterocycles. The highest BCUT2D eigenvalue weighted by Gasteiger charge is 2.19. The van der Waals surface area contributed by atoms with E-state index in [0.717, 1.165) is 23.5 Å². The van der Waals surface area contributed by atoms with Gasteiger partial charge in [-0.3, -0.25) is 9.79 Å². The molecule has 0 atom stereocenters. The number of para-hydroxylation sites is 1. The van der Waals surface area contributed by atoms with Crippen LogP contribution < -0.4 is 4.90 Å². The number of anilines is 1. The van der Waals surface area contributed by atoms with Crippen LogP contribution in [0.2, 0.25) is 0 Å². The van der Waals surface area contributed by atoms with E-state index in [1.165, 1.54) is 16.5 Å². The van der Waals surface area contributed by atoms with Crippen LogP contribution in [0.25, 0.3) is 10.9 Å². The van der Waals surface area contributed by atoms with Gasteiger partial charge in [-0.2, -0.15) is 0 Å². The zero-order valence-corrected chi connectivity index (χ0v) is 17.1. The van der Waals surface area contributed by atoms with E-state index in [9.17, 15) is 4.79 Å². The van der Waals surface area contributed by atoms with Crippen molar-refractivity contribution in [2.75, 3.05) is 24.7 Å². The van der Waals surface area contributed by atoms with Gasteiger partial charge < -0.3 is 14.2 Å². The summed E-state index contributed by atoms with van der Waals surface area (Å²) >= 11 is 0. The molecule has 5 rings (SSSR count). The van der Waals surface area contributed by atoms with Gasteiger partial charge in [0.05, 0.1) is 12.3 Å². The Kier molecular flexibility index (Phi) is 5.33. The number of carbonyl (C=O) groups is 1. The van der Waals surface area contributed by atoms with Crippen molar-refractivity contribution in [2.24, 2.45) is 4.99 Å². The van der Waals surface area contributed by atoms with Gasteiger partial charge in [-0.1, -0.05) is 48.5 Å². The van der Waals surface area contributed by atoms with E-state index < -0.39 is 0 Å². The molecule has 0 radical (unpaired) electrons. The molecule has 0 bridgehead atoms. The number of hydrogen-bond donors (Lipinski definition) is 0. The third kappa shape index (κ3) is 4.13. The van der Waals surface area contributed by atoms with Crippen LogP contribution in [0, 0.1) is 0 Å². The average molecular weight is 409 g/mol. The molecule has 1 aliphatic rings. The summed E-state index contributed by atoms with van der Waals surface area (Å²) in [6.07, 6.45) is 4.07. The molecule has 31 heavy (non-hydrogen) atoms. The molecule has 0 unspecified atom stereocenters. The van der Waals surface area contributed by atoms with Crippen LogP contribution in [0.4, 0.5) is 11.4 Å². The molecule has 0 aliphatic carbocycles. The Morgan fingerprint density at radius 3 is 2.52 bits per heavy atom. The van der Waals surface area contributed by atoms with E-state index in [0.29, 0.717) is 13.2 Å². The van der Waals surface area contributed by atoms with Crippen molar-refractivity contribution in [3.05, 3.63) is 96.2 Å². The number of carbonyl (C=O) groups excluding carboxylic acids is 1. The molecule has 1 fully saturated rings. The second-order valence-corrected chi connectivity index (χ2v) is 7.59. The fourth-order valence-electron chi connectivity index (χ4n) is 3.94. The van der Waals surface area contributed by atoms with Crippen LogP contribution in [0.15, 0.2) is 90.1 Å². The molecule has 0 spiro atoms. The number of fused-ring (bicyclic) bond motifs is 1. The van der Waals surface area contributed by atoms with E-state index in [4.69, 9.17) is 4.74 Å². The van der Waals surface area contributed by atoms with E-state index in [2.05, 4.69) is 64.3 Å². The van der Waals surface area contributed by atoms with Crippen molar-refractivity contribution in [3.8, 4) is 0 Å². The number of hydrogen-bond acceptors (Lipinski definition) is 3. The number of morpholine rings is 1. The standard InChI is InChI=1S/C26H23N3O2/c30-26-19-31-15-14-29(26)23-12-10-22(11-13-23)27-16-21-18-28(17-20-6-2-1-3-7-20)25-9-5-4-8-24(21)25/h1-13,16,18H,14-15,17,19H2. The van der Waals surface area contributed by atoms with E-state index in [1.54, 1.807) is 4.90 Å². The number of aliphatic imine (C=N–C) groups is 1. The highest BCUT2D eigenvalue weighted by molar-refractivity contribution is 6.00. The lowest BCUT2D eigenvalue weighted by Gasteiger charge is -2.26. The molecule has 5 heteroatoms. The van der Waals surface area contributed by atoms with Gasteiger partial charge in [0, 0.05) is 47.7 Å². The summed E-state index contributed by atoms with van der Waals surface area (Å²) < 4.78 is 7.47. The molecule has 1 amide bonds. The molecule has 0 saturated carbocycles. The van der Waals surface area contributed by atoms with Crippen LogP contribution in [0.3, 0.4) is 0 Å². The Balaban J connectivity index is 1.39. The first-order valence-electron chi connectivity index (χ1n) is 10.4. The van der Waals surface area contributed by atoms with Crippen LogP contribution >= 0.6 is 0 Å². The first kappa shape index (κ1) is 19.3. The third-order valence-corrected chi connectivity index (χ3v) is 5.52. The smallest absolute Gasteiger partial charge is 0.253 e. The predicted molar refractivity (Wildman–Crippen MR) is 124 cm³/mol. The van der Waals surface area contributed by atoms with Crippen molar-refractivity contribution >= 4 is 34.4 Å². The normalized spacial score (nSPS) is 14.6. The molecule has 1 aromatic heterocycles. The third-order valence-electron chi connectivity index (χ3n) is 5.52. The quantitative estimate of drug-likeness (QED) is 0.445. The maximum Gasteiger partial charge on any atom is 0.253 e. The maximum absolute atomic E-state index is 12.0. The fourth-order valence-corrected chi connectivity index (χ4v) is 3.94. The molecule has 4 aromatic rings. The van der Waals surface area contributed by atoms with Crippen molar-refractivity contribution in [1.29, 1.82) is 0 Å². The number of benzene rings is 3. The summed E-state index contributed by atoms with van der Waals surface area (Å²) in [5, 5.41) is 1.18. The van der Waals surface area contributed by atoms with Crippen molar-refractivity contribution in [2.45, 2.75) is 6.54 Å². The zero-order valence-electron chi connectivity index (χ0n) is 17.1. The van der Waals surface area contributed by atoms with Gasteiger partial charge in [-0.05, 0) is 35.9 Å². The fraction of sp³-hybridized carbons (Fsp3) is 0.154. The Labute approximate surface area is 181 Å². The van der Waals surface area contributed by atoms with Gasteiger partial charge in [0.2, 0.25) is 0 Å². The lowest BCUT2D eigenvalue weighted by molar-refractivity contribution is -0.125. The predicted octanol–water partition coefficient (Wildman–Crippen LogP) is 4.80. The van der Waals surface area contributed by atoms with Gasteiger partial charge in [0.15, 0.2) is 0 Å². The molecule has 154 valence electrons. The second-order valence-electron chi connectivity index (χ2n) is 7.59.